The minimum atomic E-state index is -3.27. The highest BCUT2D eigenvalue weighted by Gasteiger charge is 2.15. The first kappa shape index (κ1) is 16.4. The van der Waals surface area contributed by atoms with Gasteiger partial charge in [-0.3, -0.25) is 0 Å². The third-order valence-corrected chi connectivity index (χ3v) is 4.89. The van der Waals surface area contributed by atoms with Crippen LogP contribution in [0.5, 0.6) is 0 Å². The zero-order valence-electron chi connectivity index (χ0n) is 11.0. The van der Waals surface area contributed by atoms with Crippen molar-refractivity contribution in [3.63, 3.8) is 0 Å². The van der Waals surface area contributed by atoms with Gasteiger partial charge in [0.2, 0.25) is 0 Å². The van der Waals surface area contributed by atoms with Crippen LogP contribution in [0.25, 0.3) is 0 Å². The van der Waals surface area contributed by atoms with Gasteiger partial charge < -0.3 is 10.0 Å². The highest BCUT2D eigenvalue weighted by molar-refractivity contribution is 7.91. The van der Waals surface area contributed by atoms with Gasteiger partial charge in [0.25, 0.3) is 0 Å². The first-order valence-electron chi connectivity index (χ1n) is 6.31. The summed E-state index contributed by atoms with van der Waals surface area (Å²) in [7, 11) is -3.27. The van der Waals surface area contributed by atoms with Crippen molar-refractivity contribution in [1.82, 2.24) is 4.90 Å². The second-order valence-electron chi connectivity index (χ2n) is 4.28. The molecule has 0 bridgehead atoms. The second-order valence-corrected chi connectivity index (χ2v) is 6.83. The van der Waals surface area contributed by atoms with E-state index in [0.29, 0.717) is 29.4 Å². The Bertz CT molecular complexity index is 473. The molecule has 0 amide bonds. The number of hydrogen-bond acceptors (Lipinski definition) is 4. The molecular formula is C13H20ClNO3S. The Hall–Kier alpha value is -0.620. The molecule has 1 N–H and O–H groups in total. The summed E-state index contributed by atoms with van der Waals surface area (Å²) in [6, 6.07) is 6.22. The molecule has 0 aliphatic heterocycles. The highest BCUT2D eigenvalue weighted by Crippen LogP contribution is 2.15. The van der Waals surface area contributed by atoms with Crippen molar-refractivity contribution < 1.29 is 13.5 Å². The van der Waals surface area contributed by atoms with Gasteiger partial charge in [-0.25, -0.2) is 8.42 Å². The van der Waals surface area contributed by atoms with Crippen molar-refractivity contribution in [2.75, 3.05) is 32.0 Å². The summed E-state index contributed by atoms with van der Waals surface area (Å²) in [6.07, 6.45) is 0.662. The predicted molar refractivity (Wildman–Crippen MR) is 77.3 cm³/mol. The van der Waals surface area contributed by atoms with Gasteiger partial charge in [0.1, 0.15) is 0 Å². The molecule has 0 aromatic heterocycles. The fraction of sp³-hybridized carbons (Fsp3) is 0.538. The van der Waals surface area contributed by atoms with E-state index in [1.807, 2.05) is 11.8 Å². The lowest BCUT2D eigenvalue weighted by Gasteiger charge is -2.19. The summed E-state index contributed by atoms with van der Waals surface area (Å²) in [4.78, 5) is 2.32. The molecule has 0 unspecified atom stereocenters. The van der Waals surface area contributed by atoms with E-state index in [9.17, 15) is 8.42 Å². The van der Waals surface area contributed by atoms with Crippen LogP contribution in [0.4, 0.5) is 0 Å². The lowest BCUT2D eigenvalue weighted by molar-refractivity contribution is 0.237. The third-order valence-electron chi connectivity index (χ3n) is 2.93. The molecule has 1 rings (SSSR count). The van der Waals surface area contributed by atoms with Gasteiger partial charge in [-0.1, -0.05) is 18.5 Å². The average molecular weight is 306 g/mol. The Labute approximate surface area is 119 Å². The van der Waals surface area contributed by atoms with Gasteiger partial charge in [-0.15, -0.1) is 0 Å². The largest absolute Gasteiger partial charge is 0.396 e. The molecule has 108 valence electrons. The van der Waals surface area contributed by atoms with Crippen molar-refractivity contribution in [3.05, 3.63) is 29.3 Å². The highest BCUT2D eigenvalue weighted by atomic mass is 35.5. The van der Waals surface area contributed by atoms with Gasteiger partial charge >= 0.3 is 0 Å². The third kappa shape index (κ3) is 5.48. The van der Waals surface area contributed by atoms with Crippen LogP contribution in [-0.4, -0.2) is 50.4 Å². The number of aliphatic hydroxyl groups is 1. The smallest absolute Gasteiger partial charge is 0.179 e. The number of hydrogen-bond donors (Lipinski definition) is 1. The van der Waals surface area contributed by atoms with Gasteiger partial charge in [0, 0.05) is 24.7 Å². The standard InChI is InChI=1S/C13H20ClNO3S/c1-2-15(8-3-10-16)9-11-19(17,18)13-6-4-12(14)5-7-13/h4-7,16H,2-3,8-11H2,1H3. The van der Waals surface area contributed by atoms with E-state index in [2.05, 4.69) is 0 Å². The molecule has 6 heteroatoms. The molecule has 0 aliphatic carbocycles. The zero-order valence-corrected chi connectivity index (χ0v) is 12.6. The number of nitrogens with zero attached hydrogens (tertiary/aromatic N) is 1. The van der Waals surface area contributed by atoms with Crippen molar-refractivity contribution in [2.24, 2.45) is 0 Å². The van der Waals surface area contributed by atoms with Crippen LogP contribution in [0.15, 0.2) is 29.2 Å². The molecule has 1 aromatic carbocycles. The van der Waals surface area contributed by atoms with E-state index in [1.165, 1.54) is 12.1 Å². The summed E-state index contributed by atoms with van der Waals surface area (Å²) in [5.41, 5.74) is 0. The Morgan fingerprint density at radius 3 is 2.37 bits per heavy atom. The van der Waals surface area contributed by atoms with E-state index in [4.69, 9.17) is 16.7 Å². The van der Waals surface area contributed by atoms with Crippen LogP contribution in [0.2, 0.25) is 5.02 Å². The minimum Gasteiger partial charge on any atom is -0.396 e. The molecular weight excluding hydrogens is 286 g/mol. The topological polar surface area (TPSA) is 57.6 Å². The summed E-state index contributed by atoms with van der Waals surface area (Å²) in [5, 5.41) is 9.31. The molecule has 0 saturated carbocycles. The van der Waals surface area contributed by atoms with Gasteiger partial charge in [0.15, 0.2) is 9.84 Å². The van der Waals surface area contributed by atoms with E-state index < -0.39 is 9.84 Å². The van der Waals surface area contributed by atoms with Crippen molar-refractivity contribution in [2.45, 2.75) is 18.2 Å². The Morgan fingerprint density at radius 2 is 1.84 bits per heavy atom. The molecule has 19 heavy (non-hydrogen) atoms. The molecule has 0 saturated heterocycles. The molecule has 0 spiro atoms. The van der Waals surface area contributed by atoms with Crippen LogP contribution in [0, 0.1) is 0 Å². The Balaban J connectivity index is 2.61. The van der Waals surface area contributed by atoms with Crippen molar-refractivity contribution >= 4 is 21.4 Å². The van der Waals surface area contributed by atoms with Crippen molar-refractivity contribution in [1.29, 1.82) is 0 Å². The average Bonchev–Trinajstić information content (AvgIpc) is 2.39. The molecule has 1 aromatic rings. The fourth-order valence-electron chi connectivity index (χ4n) is 1.73. The first-order valence-corrected chi connectivity index (χ1v) is 8.34. The van der Waals surface area contributed by atoms with Crippen LogP contribution in [-0.2, 0) is 9.84 Å². The molecule has 0 aliphatic rings. The quantitative estimate of drug-likeness (QED) is 0.796. The maximum Gasteiger partial charge on any atom is 0.179 e. The van der Waals surface area contributed by atoms with E-state index >= 15 is 0 Å². The molecule has 0 atom stereocenters. The predicted octanol–water partition coefficient (Wildman–Crippen LogP) is 1.82. The van der Waals surface area contributed by atoms with E-state index in [0.717, 1.165) is 6.54 Å². The van der Waals surface area contributed by atoms with Gasteiger partial charge in [-0.05, 0) is 37.2 Å². The fourth-order valence-corrected chi connectivity index (χ4v) is 3.14. The lowest BCUT2D eigenvalue weighted by Crippen LogP contribution is -2.30. The number of halogens is 1. The van der Waals surface area contributed by atoms with Crippen LogP contribution >= 0.6 is 11.6 Å². The maximum atomic E-state index is 12.1. The van der Waals surface area contributed by atoms with E-state index in [-0.39, 0.29) is 12.4 Å². The molecule has 0 radical (unpaired) electrons. The summed E-state index contributed by atoms with van der Waals surface area (Å²) in [6.45, 7) is 4.06. The monoisotopic (exact) mass is 305 g/mol. The van der Waals surface area contributed by atoms with Crippen LogP contribution < -0.4 is 0 Å². The second kappa shape index (κ2) is 7.85. The number of sulfone groups is 1. The summed E-state index contributed by atoms with van der Waals surface area (Å²) >= 11 is 5.74. The Morgan fingerprint density at radius 1 is 1.21 bits per heavy atom. The lowest BCUT2D eigenvalue weighted by atomic mass is 10.4. The van der Waals surface area contributed by atoms with Gasteiger partial charge in [-0.2, -0.15) is 0 Å². The number of aliphatic hydroxyl groups excluding tert-OH is 1. The first-order chi connectivity index (χ1) is 8.99. The van der Waals surface area contributed by atoms with Crippen LogP contribution in [0.3, 0.4) is 0 Å². The Kier molecular flexibility index (Phi) is 6.79. The summed E-state index contributed by atoms with van der Waals surface area (Å²) < 4.78 is 24.2. The van der Waals surface area contributed by atoms with Crippen LogP contribution in [0.1, 0.15) is 13.3 Å². The van der Waals surface area contributed by atoms with Gasteiger partial charge in [0.05, 0.1) is 10.6 Å². The number of benzene rings is 1. The SMILES string of the molecule is CCN(CCCO)CCS(=O)(=O)c1ccc(Cl)cc1. The molecule has 0 fully saturated rings. The summed E-state index contributed by atoms with van der Waals surface area (Å²) in [5.74, 6) is 0.0773. The minimum absolute atomic E-state index is 0.0773. The van der Waals surface area contributed by atoms with E-state index in [1.54, 1.807) is 12.1 Å². The normalized spacial score (nSPS) is 12.0. The maximum absolute atomic E-state index is 12.1. The van der Waals surface area contributed by atoms with Crippen molar-refractivity contribution in [3.8, 4) is 0 Å². The molecule has 0 heterocycles. The zero-order chi connectivity index (χ0) is 14.3. The number of rotatable bonds is 8. The molecule has 4 nitrogen and oxygen atoms in total.